The zero-order valence-electron chi connectivity index (χ0n) is 24.4. The number of hydrogen-bond acceptors (Lipinski definition) is 8. The molecule has 0 amide bonds. The maximum Gasteiger partial charge on any atom is 0.310 e. The van der Waals surface area contributed by atoms with Crippen LogP contribution in [-0.2, 0) is 28.9 Å². The SMILES string of the molecule is Cc1nc(C)c(-c2ccc3c(c2)CCN(c2ncnc(Cl)n2)C3)c(N2CCC(C)(C)CC2)c1CC(=O)OC(C)C. The molecule has 9 heteroatoms. The van der Waals surface area contributed by atoms with Crippen molar-refractivity contribution >= 4 is 29.2 Å². The average Bonchev–Trinajstić information content (AvgIpc) is 2.89. The van der Waals surface area contributed by atoms with Crippen molar-refractivity contribution in [3.8, 4) is 11.1 Å². The molecule has 8 nitrogen and oxygen atoms in total. The summed E-state index contributed by atoms with van der Waals surface area (Å²) in [5, 5.41) is 0.204. The third kappa shape index (κ3) is 6.07. The van der Waals surface area contributed by atoms with Crippen molar-refractivity contribution in [1.29, 1.82) is 0 Å². The molecule has 0 spiro atoms. The largest absolute Gasteiger partial charge is 0.463 e. The van der Waals surface area contributed by atoms with E-state index in [4.69, 9.17) is 21.3 Å². The number of pyridine rings is 1. The first-order valence-corrected chi connectivity index (χ1v) is 14.5. The van der Waals surface area contributed by atoms with Gasteiger partial charge >= 0.3 is 5.97 Å². The number of aromatic nitrogens is 4. The highest BCUT2D eigenvalue weighted by atomic mass is 35.5. The third-order valence-electron chi connectivity index (χ3n) is 8.10. The Kier molecular flexibility index (Phi) is 8.00. The predicted octanol–water partition coefficient (Wildman–Crippen LogP) is 5.89. The zero-order chi connectivity index (χ0) is 28.6. The molecule has 1 saturated heterocycles. The van der Waals surface area contributed by atoms with E-state index in [-0.39, 0.29) is 23.8 Å². The molecule has 0 saturated carbocycles. The molecule has 2 aliphatic rings. The standard InChI is InChI=1S/C31H39ClN6O2/c1-19(2)40-26(39)16-25-20(3)35-21(4)27(28(25)37-13-10-31(5,6)11-14-37)23-7-8-24-17-38(12-9-22(24)15-23)30-34-18-33-29(32)36-30/h7-8,15,18-19H,9-14,16-17H2,1-6H3. The fraction of sp³-hybridized carbons (Fsp3) is 0.516. The van der Waals surface area contributed by atoms with E-state index >= 15 is 0 Å². The molecule has 0 atom stereocenters. The lowest BCUT2D eigenvalue weighted by Crippen LogP contribution is -2.38. The lowest BCUT2D eigenvalue weighted by atomic mass is 9.82. The molecule has 0 N–H and O–H groups in total. The Balaban J connectivity index is 1.55. The van der Waals surface area contributed by atoms with Gasteiger partial charge in [-0.1, -0.05) is 32.0 Å². The van der Waals surface area contributed by atoms with Gasteiger partial charge in [-0.15, -0.1) is 0 Å². The van der Waals surface area contributed by atoms with Crippen LogP contribution in [0.15, 0.2) is 24.5 Å². The number of carbonyl (C=O) groups excluding carboxylic acids is 1. The highest BCUT2D eigenvalue weighted by Crippen LogP contribution is 2.42. The smallest absolute Gasteiger partial charge is 0.310 e. The molecule has 40 heavy (non-hydrogen) atoms. The number of nitrogens with zero attached hydrogens (tertiary/aromatic N) is 6. The van der Waals surface area contributed by atoms with Gasteiger partial charge in [0.2, 0.25) is 11.2 Å². The van der Waals surface area contributed by atoms with Crippen LogP contribution in [-0.4, -0.2) is 51.6 Å². The average molecular weight is 563 g/mol. The predicted molar refractivity (Wildman–Crippen MR) is 159 cm³/mol. The van der Waals surface area contributed by atoms with Gasteiger partial charge in [-0.05, 0) is 80.7 Å². The molecule has 1 aromatic carbocycles. The van der Waals surface area contributed by atoms with Crippen molar-refractivity contribution in [3.05, 3.63) is 57.9 Å². The van der Waals surface area contributed by atoms with Crippen LogP contribution in [0.5, 0.6) is 0 Å². The van der Waals surface area contributed by atoms with E-state index in [0.29, 0.717) is 17.9 Å². The Morgan fingerprint density at radius 2 is 1.77 bits per heavy atom. The molecular formula is C31H39ClN6O2. The summed E-state index contributed by atoms with van der Waals surface area (Å²) in [4.78, 5) is 35.0. The molecule has 0 radical (unpaired) electrons. The van der Waals surface area contributed by atoms with Crippen molar-refractivity contribution < 1.29 is 9.53 Å². The fourth-order valence-corrected chi connectivity index (χ4v) is 5.98. The summed E-state index contributed by atoms with van der Waals surface area (Å²) in [6.45, 7) is 16.0. The number of fused-ring (bicyclic) bond motifs is 1. The Hall–Kier alpha value is -3.26. The van der Waals surface area contributed by atoms with Crippen molar-refractivity contribution in [3.63, 3.8) is 0 Å². The molecule has 3 aromatic rings. The quantitative estimate of drug-likeness (QED) is 0.344. The van der Waals surface area contributed by atoms with Crippen LogP contribution in [0.25, 0.3) is 11.1 Å². The van der Waals surface area contributed by atoms with Gasteiger partial charge in [0, 0.05) is 48.7 Å². The number of hydrogen-bond donors (Lipinski definition) is 0. The summed E-state index contributed by atoms with van der Waals surface area (Å²) >= 11 is 6.01. The second-order valence-electron chi connectivity index (χ2n) is 12.1. The number of piperidine rings is 1. The minimum atomic E-state index is -0.211. The van der Waals surface area contributed by atoms with E-state index < -0.39 is 0 Å². The van der Waals surface area contributed by atoms with Gasteiger partial charge in [-0.2, -0.15) is 4.98 Å². The maximum atomic E-state index is 12.9. The molecule has 0 bridgehead atoms. The number of aryl methyl sites for hydroxylation is 2. The molecule has 0 aliphatic carbocycles. The summed E-state index contributed by atoms with van der Waals surface area (Å²) < 4.78 is 5.58. The molecule has 212 valence electrons. The Bertz CT molecular complexity index is 1410. The minimum absolute atomic E-state index is 0.154. The Labute approximate surface area is 242 Å². The van der Waals surface area contributed by atoms with Gasteiger partial charge in [0.1, 0.15) is 6.33 Å². The second kappa shape index (κ2) is 11.3. The van der Waals surface area contributed by atoms with E-state index in [2.05, 4.69) is 63.7 Å². The highest BCUT2D eigenvalue weighted by molar-refractivity contribution is 6.28. The number of ether oxygens (including phenoxy) is 1. The number of halogens is 1. The van der Waals surface area contributed by atoms with Crippen molar-refractivity contribution in [2.45, 2.75) is 79.9 Å². The number of rotatable bonds is 6. The maximum absolute atomic E-state index is 12.9. The molecule has 0 unspecified atom stereocenters. The van der Waals surface area contributed by atoms with Gasteiger partial charge in [-0.3, -0.25) is 9.78 Å². The topological polar surface area (TPSA) is 84.3 Å². The summed E-state index contributed by atoms with van der Waals surface area (Å²) in [5.41, 5.74) is 9.10. The van der Waals surface area contributed by atoms with Crippen LogP contribution >= 0.6 is 11.6 Å². The first kappa shape index (κ1) is 28.3. The van der Waals surface area contributed by atoms with Gasteiger partial charge in [0.05, 0.1) is 18.2 Å². The molecule has 1 fully saturated rings. The normalized spacial score (nSPS) is 16.7. The van der Waals surface area contributed by atoms with E-state index in [1.165, 1.54) is 17.5 Å². The number of anilines is 2. The molecule has 2 aliphatic heterocycles. The van der Waals surface area contributed by atoms with Crippen LogP contribution in [0.3, 0.4) is 0 Å². The number of esters is 1. The summed E-state index contributed by atoms with van der Waals surface area (Å²) in [6, 6.07) is 6.70. The zero-order valence-corrected chi connectivity index (χ0v) is 25.2. The molecular weight excluding hydrogens is 524 g/mol. The van der Waals surface area contributed by atoms with E-state index in [0.717, 1.165) is 72.7 Å². The molecule has 5 rings (SSSR count). The second-order valence-corrected chi connectivity index (χ2v) is 12.4. The van der Waals surface area contributed by atoms with E-state index in [1.807, 2.05) is 20.8 Å². The van der Waals surface area contributed by atoms with Gasteiger partial charge in [-0.25, -0.2) is 9.97 Å². The van der Waals surface area contributed by atoms with Crippen LogP contribution < -0.4 is 9.80 Å². The Morgan fingerprint density at radius 1 is 1.02 bits per heavy atom. The summed E-state index contributed by atoms with van der Waals surface area (Å²) in [7, 11) is 0. The summed E-state index contributed by atoms with van der Waals surface area (Å²) in [6.07, 6.45) is 4.58. The first-order valence-electron chi connectivity index (χ1n) is 14.2. The van der Waals surface area contributed by atoms with Crippen LogP contribution in [0.4, 0.5) is 11.6 Å². The number of carbonyl (C=O) groups is 1. The third-order valence-corrected chi connectivity index (χ3v) is 8.28. The molecule has 2 aromatic heterocycles. The fourth-order valence-electron chi connectivity index (χ4n) is 5.86. The van der Waals surface area contributed by atoms with Gasteiger partial charge in [0.15, 0.2) is 0 Å². The minimum Gasteiger partial charge on any atom is -0.463 e. The van der Waals surface area contributed by atoms with E-state index in [9.17, 15) is 4.79 Å². The lowest BCUT2D eigenvalue weighted by molar-refractivity contribution is -0.146. The van der Waals surface area contributed by atoms with Gasteiger partial charge in [0.25, 0.3) is 0 Å². The summed E-state index contributed by atoms with van der Waals surface area (Å²) in [5.74, 6) is 0.388. The first-order chi connectivity index (χ1) is 19.0. The highest BCUT2D eigenvalue weighted by Gasteiger charge is 2.31. The lowest BCUT2D eigenvalue weighted by Gasteiger charge is -2.40. The number of benzene rings is 1. The van der Waals surface area contributed by atoms with Crippen LogP contribution in [0.2, 0.25) is 5.28 Å². The van der Waals surface area contributed by atoms with Gasteiger partial charge < -0.3 is 14.5 Å². The van der Waals surface area contributed by atoms with Crippen molar-refractivity contribution in [1.82, 2.24) is 19.9 Å². The van der Waals surface area contributed by atoms with Crippen LogP contribution in [0.1, 0.15) is 68.6 Å². The van der Waals surface area contributed by atoms with E-state index in [1.54, 1.807) is 0 Å². The molecule has 4 heterocycles. The van der Waals surface area contributed by atoms with Crippen LogP contribution in [0, 0.1) is 19.3 Å². The van der Waals surface area contributed by atoms with Crippen molar-refractivity contribution in [2.24, 2.45) is 5.41 Å². The monoisotopic (exact) mass is 562 g/mol. The van der Waals surface area contributed by atoms with Crippen molar-refractivity contribution in [2.75, 3.05) is 29.4 Å². The Morgan fingerprint density at radius 3 is 2.48 bits per heavy atom.